The molecule has 38 heavy (non-hydrogen) atoms. The highest BCUT2D eigenvalue weighted by atomic mass is 35.5. The molecule has 7 nitrogen and oxygen atoms in total. The Labute approximate surface area is 234 Å². The fourth-order valence-electron chi connectivity index (χ4n) is 3.93. The van der Waals surface area contributed by atoms with Crippen LogP contribution in [0.4, 0.5) is 5.69 Å². The molecule has 202 valence electrons. The molecule has 3 rings (SSSR count). The monoisotopic (exact) mass is 575 g/mol. The van der Waals surface area contributed by atoms with E-state index in [1.54, 1.807) is 25.1 Å². The molecule has 10 heteroatoms. The molecule has 0 aromatic heterocycles. The van der Waals surface area contributed by atoms with E-state index in [1.807, 2.05) is 45.0 Å². The van der Waals surface area contributed by atoms with Gasteiger partial charge in [0, 0.05) is 22.6 Å². The van der Waals surface area contributed by atoms with Gasteiger partial charge < -0.3 is 10.2 Å². The Morgan fingerprint density at radius 2 is 1.53 bits per heavy atom. The average molecular weight is 577 g/mol. The van der Waals surface area contributed by atoms with Crippen molar-refractivity contribution in [3.63, 3.8) is 0 Å². The molecule has 0 saturated carbocycles. The summed E-state index contributed by atoms with van der Waals surface area (Å²) in [5, 5.41) is 3.27. The highest BCUT2D eigenvalue weighted by molar-refractivity contribution is 7.92. The van der Waals surface area contributed by atoms with Gasteiger partial charge in [0.15, 0.2) is 0 Å². The number of nitrogens with zero attached hydrogens (tertiary/aromatic N) is 2. The summed E-state index contributed by atoms with van der Waals surface area (Å²) >= 11 is 12.4. The summed E-state index contributed by atoms with van der Waals surface area (Å²) in [7, 11) is -4.19. The fourth-order valence-corrected chi connectivity index (χ4v) is 5.86. The molecule has 0 bridgehead atoms. The first-order valence-electron chi connectivity index (χ1n) is 12.1. The molecule has 2 amide bonds. The Morgan fingerprint density at radius 1 is 0.895 bits per heavy atom. The molecule has 3 aromatic rings. The van der Waals surface area contributed by atoms with Crippen LogP contribution >= 0.6 is 23.2 Å². The van der Waals surface area contributed by atoms with Crippen LogP contribution in [0.5, 0.6) is 0 Å². The maximum Gasteiger partial charge on any atom is 0.264 e. The van der Waals surface area contributed by atoms with Crippen LogP contribution < -0.4 is 9.62 Å². The summed E-state index contributed by atoms with van der Waals surface area (Å²) in [6.07, 6.45) is 0. The topological polar surface area (TPSA) is 86.8 Å². The summed E-state index contributed by atoms with van der Waals surface area (Å²) in [5.41, 5.74) is 1.94. The number of aryl methyl sites for hydroxylation is 1. The van der Waals surface area contributed by atoms with Gasteiger partial charge in [-0.25, -0.2) is 8.42 Å². The third-order valence-electron chi connectivity index (χ3n) is 5.78. The van der Waals surface area contributed by atoms with Gasteiger partial charge in [-0.1, -0.05) is 71.2 Å². The highest BCUT2D eigenvalue weighted by Crippen LogP contribution is 2.30. The molecule has 1 unspecified atom stereocenters. The Hall–Kier alpha value is -3.07. The lowest BCUT2D eigenvalue weighted by Crippen LogP contribution is -2.52. The second-order valence-electron chi connectivity index (χ2n) is 9.30. The van der Waals surface area contributed by atoms with Crippen LogP contribution in [0.15, 0.2) is 77.7 Å². The first-order valence-corrected chi connectivity index (χ1v) is 14.3. The van der Waals surface area contributed by atoms with Crippen molar-refractivity contribution >= 4 is 50.7 Å². The molecule has 0 aliphatic rings. The van der Waals surface area contributed by atoms with E-state index in [9.17, 15) is 18.0 Å². The lowest BCUT2D eigenvalue weighted by atomic mass is 10.1. The second-order valence-corrected chi connectivity index (χ2v) is 12.0. The summed E-state index contributed by atoms with van der Waals surface area (Å²) < 4.78 is 28.5. The Bertz CT molecular complexity index is 1380. The second kappa shape index (κ2) is 12.7. The largest absolute Gasteiger partial charge is 0.352 e. The molecular formula is C28H31Cl2N3O4S. The minimum absolute atomic E-state index is 0.000249. The zero-order valence-corrected chi connectivity index (χ0v) is 24.0. The molecule has 1 N–H and O–H groups in total. The number of nitrogens with one attached hydrogen (secondary N) is 1. The van der Waals surface area contributed by atoms with Crippen LogP contribution in [0.2, 0.25) is 10.0 Å². The number of carbonyl (C=O) groups is 2. The normalized spacial score (nSPS) is 12.2. The van der Waals surface area contributed by atoms with E-state index in [-0.39, 0.29) is 39.1 Å². The first-order chi connectivity index (χ1) is 17.9. The van der Waals surface area contributed by atoms with E-state index in [4.69, 9.17) is 23.2 Å². The number of rotatable bonds is 10. The van der Waals surface area contributed by atoms with Crippen LogP contribution in [0.3, 0.4) is 0 Å². The van der Waals surface area contributed by atoms with E-state index in [0.29, 0.717) is 0 Å². The summed E-state index contributed by atoms with van der Waals surface area (Å²) in [4.78, 5) is 28.2. The molecule has 0 heterocycles. The number of sulfonamides is 1. The maximum absolute atomic E-state index is 13.9. The number of hydrogen-bond acceptors (Lipinski definition) is 4. The molecule has 0 spiro atoms. The van der Waals surface area contributed by atoms with Crippen LogP contribution in [0, 0.1) is 6.92 Å². The van der Waals surface area contributed by atoms with Gasteiger partial charge in [-0.2, -0.15) is 0 Å². The van der Waals surface area contributed by atoms with Gasteiger partial charge >= 0.3 is 0 Å². The molecule has 0 aliphatic carbocycles. The van der Waals surface area contributed by atoms with Gasteiger partial charge in [0.2, 0.25) is 11.8 Å². The van der Waals surface area contributed by atoms with Gasteiger partial charge in [-0.15, -0.1) is 0 Å². The van der Waals surface area contributed by atoms with Crippen molar-refractivity contribution in [1.82, 2.24) is 10.2 Å². The Balaban J connectivity index is 2.06. The van der Waals surface area contributed by atoms with E-state index >= 15 is 0 Å². The Kier molecular flexibility index (Phi) is 9.82. The third kappa shape index (κ3) is 7.49. The lowest BCUT2D eigenvalue weighted by molar-refractivity contribution is -0.139. The molecule has 3 aromatic carbocycles. The fraction of sp³-hybridized carbons (Fsp3) is 0.286. The quantitative estimate of drug-likeness (QED) is 0.348. The number of benzene rings is 3. The van der Waals surface area contributed by atoms with Crippen molar-refractivity contribution in [3.05, 3.63) is 94.0 Å². The number of carbonyl (C=O) groups excluding carboxylic acids is 2. The first kappa shape index (κ1) is 29.5. The predicted octanol–water partition coefficient (Wildman–Crippen LogP) is 5.44. The number of anilines is 1. The number of halogens is 2. The summed E-state index contributed by atoms with van der Waals surface area (Å²) in [6.45, 7) is 6.75. The van der Waals surface area contributed by atoms with Gasteiger partial charge in [0.05, 0.1) is 10.6 Å². The zero-order chi connectivity index (χ0) is 28.0. The summed E-state index contributed by atoms with van der Waals surface area (Å²) in [6, 6.07) is 18.7. The Morgan fingerprint density at radius 3 is 2.11 bits per heavy atom. The van der Waals surface area contributed by atoms with E-state index in [2.05, 4.69) is 5.32 Å². The molecule has 0 saturated heterocycles. The lowest BCUT2D eigenvalue weighted by Gasteiger charge is -2.32. The minimum Gasteiger partial charge on any atom is -0.352 e. The number of hydrogen-bond donors (Lipinski definition) is 1. The van der Waals surface area contributed by atoms with Crippen molar-refractivity contribution in [1.29, 1.82) is 0 Å². The average Bonchev–Trinajstić information content (AvgIpc) is 2.84. The SMILES string of the molecule is Cc1cccc(CN(C(=O)CN(c2cc(Cl)cc(Cl)c2)S(=O)(=O)c2ccccc2)C(C)C(=O)NC(C)C)c1. The van der Waals surface area contributed by atoms with Gasteiger partial charge in [-0.05, 0) is 63.6 Å². The maximum atomic E-state index is 13.9. The zero-order valence-electron chi connectivity index (χ0n) is 21.7. The van der Waals surface area contributed by atoms with Crippen molar-refractivity contribution in [2.45, 2.75) is 51.2 Å². The highest BCUT2D eigenvalue weighted by Gasteiger charge is 2.33. The van der Waals surface area contributed by atoms with Gasteiger partial charge in [0.1, 0.15) is 12.6 Å². The van der Waals surface area contributed by atoms with Crippen LogP contribution in [-0.4, -0.2) is 43.8 Å². The standard InChI is InChI=1S/C28H31Cl2N3O4S/c1-19(2)31-28(35)21(4)32(17-22-10-8-9-20(3)13-22)27(34)18-33(25-15-23(29)14-24(30)16-25)38(36,37)26-11-6-5-7-12-26/h5-16,19,21H,17-18H2,1-4H3,(H,31,35). The molecule has 0 fully saturated rings. The smallest absolute Gasteiger partial charge is 0.264 e. The minimum atomic E-state index is -4.19. The number of amides is 2. The molecular weight excluding hydrogens is 545 g/mol. The molecule has 0 radical (unpaired) electrons. The van der Waals surface area contributed by atoms with E-state index in [0.717, 1.165) is 15.4 Å². The predicted molar refractivity (Wildman–Crippen MR) is 152 cm³/mol. The molecule has 1 atom stereocenters. The van der Waals surface area contributed by atoms with E-state index in [1.165, 1.54) is 35.2 Å². The third-order valence-corrected chi connectivity index (χ3v) is 8.00. The van der Waals surface area contributed by atoms with Crippen LogP contribution in [0.25, 0.3) is 0 Å². The van der Waals surface area contributed by atoms with Gasteiger partial charge in [0.25, 0.3) is 10.0 Å². The van der Waals surface area contributed by atoms with E-state index < -0.39 is 28.5 Å². The van der Waals surface area contributed by atoms with Gasteiger partial charge in [-0.3, -0.25) is 13.9 Å². The van der Waals surface area contributed by atoms with Crippen molar-refractivity contribution in [2.24, 2.45) is 0 Å². The molecule has 0 aliphatic heterocycles. The van der Waals surface area contributed by atoms with Crippen LogP contribution in [0.1, 0.15) is 31.9 Å². The summed E-state index contributed by atoms with van der Waals surface area (Å²) in [5.74, 6) is -0.905. The van der Waals surface area contributed by atoms with Crippen LogP contribution in [-0.2, 0) is 26.2 Å². The van der Waals surface area contributed by atoms with Crippen molar-refractivity contribution in [2.75, 3.05) is 10.8 Å². The van der Waals surface area contributed by atoms with Crippen molar-refractivity contribution < 1.29 is 18.0 Å². The van der Waals surface area contributed by atoms with Crippen molar-refractivity contribution in [3.8, 4) is 0 Å².